The van der Waals surface area contributed by atoms with Crippen molar-refractivity contribution in [2.75, 3.05) is 0 Å². The van der Waals surface area contributed by atoms with E-state index in [1.165, 1.54) is 16.7 Å². The first-order valence-corrected chi connectivity index (χ1v) is 5.98. The molecule has 0 heterocycles. The fourth-order valence-electron chi connectivity index (χ4n) is 1.79. The second-order valence-electron chi connectivity index (χ2n) is 4.05. The summed E-state index contributed by atoms with van der Waals surface area (Å²) < 4.78 is 0. The standard InChI is InChI=1S/C15H15Cl/c1-12(16)11-13-7-9-15(10-8-13)14-5-3-2-4-6-14/h2-10,12H,11H2,1H3. The fraction of sp³-hybridized carbons (Fsp3) is 0.200. The Labute approximate surface area is 102 Å². The summed E-state index contributed by atoms with van der Waals surface area (Å²) >= 11 is 5.97. The van der Waals surface area contributed by atoms with E-state index in [-0.39, 0.29) is 5.38 Å². The van der Waals surface area contributed by atoms with E-state index in [0.717, 1.165) is 6.42 Å². The molecule has 0 fully saturated rings. The lowest BCUT2D eigenvalue weighted by Gasteiger charge is -2.05. The third-order valence-electron chi connectivity index (χ3n) is 2.58. The zero-order chi connectivity index (χ0) is 11.4. The van der Waals surface area contributed by atoms with Gasteiger partial charge in [0.15, 0.2) is 0 Å². The number of alkyl halides is 1. The van der Waals surface area contributed by atoms with Crippen molar-refractivity contribution in [3.63, 3.8) is 0 Å². The molecule has 0 saturated heterocycles. The van der Waals surface area contributed by atoms with Gasteiger partial charge in [0.25, 0.3) is 0 Å². The van der Waals surface area contributed by atoms with E-state index in [1.807, 2.05) is 13.0 Å². The molecule has 1 unspecified atom stereocenters. The molecule has 0 aliphatic heterocycles. The first-order valence-electron chi connectivity index (χ1n) is 5.54. The van der Waals surface area contributed by atoms with E-state index in [4.69, 9.17) is 11.6 Å². The van der Waals surface area contributed by atoms with Crippen LogP contribution in [0.25, 0.3) is 11.1 Å². The van der Waals surface area contributed by atoms with Crippen molar-refractivity contribution in [2.45, 2.75) is 18.7 Å². The minimum atomic E-state index is 0.197. The Bertz CT molecular complexity index is 429. The molecule has 16 heavy (non-hydrogen) atoms. The van der Waals surface area contributed by atoms with Gasteiger partial charge in [-0.2, -0.15) is 0 Å². The predicted octanol–water partition coefficient (Wildman–Crippen LogP) is 4.52. The molecule has 0 nitrogen and oxygen atoms in total. The number of benzene rings is 2. The van der Waals surface area contributed by atoms with Crippen LogP contribution in [0.1, 0.15) is 12.5 Å². The van der Waals surface area contributed by atoms with Gasteiger partial charge >= 0.3 is 0 Å². The highest BCUT2D eigenvalue weighted by Gasteiger charge is 2.00. The summed E-state index contributed by atoms with van der Waals surface area (Å²) in [7, 11) is 0. The third kappa shape index (κ3) is 2.86. The average molecular weight is 231 g/mol. The Kier molecular flexibility index (Phi) is 3.63. The van der Waals surface area contributed by atoms with Crippen molar-refractivity contribution in [3.8, 4) is 11.1 Å². The van der Waals surface area contributed by atoms with E-state index in [2.05, 4.69) is 48.5 Å². The molecule has 0 N–H and O–H groups in total. The Morgan fingerprint density at radius 3 is 2.00 bits per heavy atom. The largest absolute Gasteiger partial charge is 0.123 e. The maximum absolute atomic E-state index is 5.97. The van der Waals surface area contributed by atoms with Crippen molar-refractivity contribution in [1.82, 2.24) is 0 Å². The van der Waals surface area contributed by atoms with Crippen molar-refractivity contribution in [2.24, 2.45) is 0 Å². The molecule has 2 aromatic carbocycles. The topological polar surface area (TPSA) is 0 Å². The summed E-state index contributed by atoms with van der Waals surface area (Å²) in [6, 6.07) is 19.0. The lowest BCUT2D eigenvalue weighted by Crippen LogP contribution is -1.96. The molecular weight excluding hydrogens is 216 g/mol. The van der Waals surface area contributed by atoms with Crippen LogP contribution in [-0.2, 0) is 6.42 Å². The van der Waals surface area contributed by atoms with Gasteiger partial charge in [-0.15, -0.1) is 11.6 Å². The maximum Gasteiger partial charge on any atom is 0.0348 e. The predicted molar refractivity (Wildman–Crippen MR) is 70.9 cm³/mol. The summed E-state index contributed by atoms with van der Waals surface area (Å²) in [6.45, 7) is 2.02. The van der Waals surface area contributed by atoms with Gasteiger partial charge in [0.05, 0.1) is 0 Å². The van der Waals surface area contributed by atoms with Gasteiger partial charge in [-0.25, -0.2) is 0 Å². The third-order valence-corrected chi connectivity index (χ3v) is 2.73. The molecule has 0 aliphatic carbocycles. The van der Waals surface area contributed by atoms with Gasteiger partial charge in [0, 0.05) is 5.38 Å². The summed E-state index contributed by atoms with van der Waals surface area (Å²) in [5.41, 5.74) is 3.81. The van der Waals surface area contributed by atoms with Crippen LogP contribution in [0.15, 0.2) is 54.6 Å². The zero-order valence-corrected chi connectivity index (χ0v) is 10.1. The second-order valence-corrected chi connectivity index (χ2v) is 4.79. The van der Waals surface area contributed by atoms with E-state index in [9.17, 15) is 0 Å². The number of hydrogen-bond donors (Lipinski definition) is 0. The van der Waals surface area contributed by atoms with Crippen LogP contribution in [0, 0.1) is 0 Å². The van der Waals surface area contributed by atoms with E-state index < -0.39 is 0 Å². The summed E-state index contributed by atoms with van der Waals surface area (Å²) in [5, 5.41) is 0.197. The monoisotopic (exact) mass is 230 g/mol. The molecule has 82 valence electrons. The van der Waals surface area contributed by atoms with Crippen molar-refractivity contribution < 1.29 is 0 Å². The fourth-order valence-corrected chi connectivity index (χ4v) is 1.97. The maximum atomic E-state index is 5.97. The van der Waals surface area contributed by atoms with Crippen LogP contribution >= 0.6 is 11.6 Å². The Balaban J connectivity index is 2.20. The SMILES string of the molecule is CC(Cl)Cc1ccc(-c2ccccc2)cc1. The van der Waals surface area contributed by atoms with E-state index in [1.54, 1.807) is 0 Å². The molecule has 0 spiro atoms. The van der Waals surface area contributed by atoms with Gasteiger partial charge in [0.1, 0.15) is 0 Å². The minimum absolute atomic E-state index is 0.197. The molecular formula is C15H15Cl. The first-order chi connectivity index (χ1) is 7.75. The van der Waals surface area contributed by atoms with Gasteiger partial charge in [-0.1, -0.05) is 54.6 Å². The molecule has 0 amide bonds. The molecule has 1 heteroatoms. The molecule has 2 rings (SSSR count). The van der Waals surface area contributed by atoms with Gasteiger partial charge in [-0.3, -0.25) is 0 Å². The highest BCUT2D eigenvalue weighted by Crippen LogP contribution is 2.20. The Morgan fingerprint density at radius 1 is 0.875 bits per heavy atom. The first kappa shape index (κ1) is 11.2. The quantitative estimate of drug-likeness (QED) is 0.680. The number of halogens is 1. The normalized spacial score (nSPS) is 12.4. The summed E-state index contributed by atoms with van der Waals surface area (Å²) in [5.74, 6) is 0. The molecule has 0 radical (unpaired) electrons. The Morgan fingerprint density at radius 2 is 1.44 bits per heavy atom. The molecule has 0 aliphatic rings. The molecule has 0 aromatic heterocycles. The van der Waals surface area contributed by atoms with Gasteiger partial charge in [-0.05, 0) is 30.0 Å². The van der Waals surface area contributed by atoms with Crippen molar-refractivity contribution >= 4 is 11.6 Å². The van der Waals surface area contributed by atoms with Crippen LogP contribution in [0.2, 0.25) is 0 Å². The highest BCUT2D eigenvalue weighted by molar-refractivity contribution is 6.20. The minimum Gasteiger partial charge on any atom is -0.123 e. The van der Waals surface area contributed by atoms with E-state index in [0.29, 0.717) is 0 Å². The second kappa shape index (κ2) is 5.18. The van der Waals surface area contributed by atoms with Crippen LogP contribution in [-0.4, -0.2) is 5.38 Å². The average Bonchev–Trinajstić information content (AvgIpc) is 2.30. The van der Waals surface area contributed by atoms with Crippen molar-refractivity contribution in [3.05, 3.63) is 60.2 Å². The van der Waals surface area contributed by atoms with Gasteiger partial charge in [0.2, 0.25) is 0 Å². The Hall–Kier alpha value is -1.27. The van der Waals surface area contributed by atoms with Crippen LogP contribution in [0.3, 0.4) is 0 Å². The summed E-state index contributed by atoms with van der Waals surface area (Å²) in [4.78, 5) is 0. The zero-order valence-electron chi connectivity index (χ0n) is 9.36. The highest BCUT2D eigenvalue weighted by atomic mass is 35.5. The number of hydrogen-bond acceptors (Lipinski definition) is 0. The molecule has 2 aromatic rings. The summed E-state index contributed by atoms with van der Waals surface area (Å²) in [6.07, 6.45) is 0.927. The lowest BCUT2D eigenvalue weighted by atomic mass is 10.0. The van der Waals surface area contributed by atoms with Crippen molar-refractivity contribution in [1.29, 1.82) is 0 Å². The van der Waals surface area contributed by atoms with Crippen LogP contribution < -0.4 is 0 Å². The van der Waals surface area contributed by atoms with E-state index >= 15 is 0 Å². The van der Waals surface area contributed by atoms with Gasteiger partial charge < -0.3 is 0 Å². The van der Waals surface area contributed by atoms with Crippen LogP contribution in [0.4, 0.5) is 0 Å². The lowest BCUT2D eigenvalue weighted by molar-refractivity contribution is 0.932. The number of rotatable bonds is 3. The molecule has 0 saturated carbocycles. The smallest absolute Gasteiger partial charge is 0.0348 e. The van der Waals surface area contributed by atoms with Crippen LogP contribution in [0.5, 0.6) is 0 Å². The molecule has 0 bridgehead atoms. The molecule has 1 atom stereocenters.